The van der Waals surface area contributed by atoms with Crippen molar-refractivity contribution in [1.82, 2.24) is 0 Å². The second-order valence-electron chi connectivity index (χ2n) is 6.60. The van der Waals surface area contributed by atoms with Crippen LogP contribution in [0.5, 0.6) is 0 Å². The normalized spacial score (nSPS) is 42.1. The van der Waals surface area contributed by atoms with Crippen LogP contribution in [0.2, 0.25) is 0 Å². The molecule has 0 unspecified atom stereocenters. The van der Waals surface area contributed by atoms with Gasteiger partial charge in [0.05, 0.1) is 0 Å². The molecule has 2 aliphatic carbocycles. The predicted molar refractivity (Wildman–Crippen MR) is 67.1 cm³/mol. The van der Waals surface area contributed by atoms with Crippen LogP contribution in [0.25, 0.3) is 0 Å². The van der Waals surface area contributed by atoms with Crippen LogP contribution in [0.1, 0.15) is 47.0 Å². The number of hydrogen-bond acceptors (Lipinski definition) is 1. The van der Waals surface area contributed by atoms with Crippen molar-refractivity contribution in [2.45, 2.75) is 47.0 Å². The SMILES string of the molecule is CC1=C[C@@H](C)[C@H]2[C@H](CCC(C)(C)[C@H]2C=O)C1. The topological polar surface area (TPSA) is 17.1 Å². The summed E-state index contributed by atoms with van der Waals surface area (Å²) >= 11 is 0. The zero-order valence-electron chi connectivity index (χ0n) is 11.0. The van der Waals surface area contributed by atoms with Gasteiger partial charge in [0, 0.05) is 5.92 Å². The van der Waals surface area contributed by atoms with E-state index in [1.165, 1.54) is 31.1 Å². The van der Waals surface area contributed by atoms with Gasteiger partial charge in [-0.1, -0.05) is 32.4 Å². The molecule has 2 rings (SSSR count). The summed E-state index contributed by atoms with van der Waals surface area (Å²) in [5, 5.41) is 0. The van der Waals surface area contributed by atoms with E-state index in [4.69, 9.17) is 0 Å². The molecule has 1 nitrogen and oxygen atoms in total. The van der Waals surface area contributed by atoms with Crippen molar-refractivity contribution in [3.8, 4) is 0 Å². The molecule has 0 spiro atoms. The molecule has 0 aliphatic heterocycles. The first-order valence-corrected chi connectivity index (χ1v) is 6.58. The molecular weight excluding hydrogens is 196 g/mol. The molecule has 0 aromatic rings. The maximum Gasteiger partial charge on any atom is 0.123 e. The summed E-state index contributed by atoms with van der Waals surface area (Å²) in [5.74, 6) is 2.17. The third kappa shape index (κ3) is 1.85. The Morgan fingerprint density at radius 2 is 2.12 bits per heavy atom. The lowest BCUT2D eigenvalue weighted by atomic mass is 9.54. The molecule has 16 heavy (non-hydrogen) atoms. The summed E-state index contributed by atoms with van der Waals surface area (Å²) in [5.41, 5.74) is 1.73. The number of hydrogen-bond donors (Lipinski definition) is 0. The summed E-state index contributed by atoms with van der Waals surface area (Å²) < 4.78 is 0. The van der Waals surface area contributed by atoms with Gasteiger partial charge in [-0.25, -0.2) is 0 Å². The molecule has 0 amide bonds. The van der Waals surface area contributed by atoms with Crippen molar-refractivity contribution in [3.05, 3.63) is 11.6 Å². The quantitative estimate of drug-likeness (QED) is 0.484. The van der Waals surface area contributed by atoms with Gasteiger partial charge in [0.1, 0.15) is 6.29 Å². The lowest BCUT2D eigenvalue weighted by Crippen LogP contribution is -2.44. The number of fused-ring (bicyclic) bond motifs is 1. The van der Waals surface area contributed by atoms with Crippen LogP contribution in [0, 0.1) is 29.1 Å². The molecule has 0 radical (unpaired) electrons. The molecule has 2 aliphatic rings. The summed E-state index contributed by atoms with van der Waals surface area (Å²) in [6.45, 7) is 9.06. The van der Waals surface area contributed by atoms with Gasteiger partial charge in [0.25, 0.3) is 0 Å². The standard InChI is InChI=1S/C15H24O/c1-10-7-11(2)14-12(8-10)5-6-15(3,4)13(14)9-16/h7,9,11-14H,5-6,8H2,1-4H3/t11-,12-,13+,14+/m1/s1. The highest BCUT2D eigenvalue weighted by Gasteiger charge is 2.46. The highest BCUT2D eigenvalue weighted by Crippen LogP contribution is 2.52. The van der Waals surface area contributed by atoms with Crippen LogP contribution < -0.4 is 0 Å². The summed E-state index contributed by atoms with van der Waals surface area (Å²) in [7, 11) is 0. The first-order chi connectivity index (χ1) is 7.45. The van der Waals surface area contributed by atoms with E-state index in [0.717, 1.165) is 5.92 Å². The van der Waals surface area contributed by atoms with E-state index in [-0.39, 0.29) is 11.3 Å². The summed E-state index contributed by atoms with van der Waals surface area (Å²) in [6.07, 6.45) is 7.35. The molecule has 1 heteroatoms. The average Bonchev–Trinajstić information content (AvgIpc) is 2.18. The van der Waals surface area contributed by atoms with Crippen LogP contribution in [-0.2, 0) is 4.79 Å². The Morgan fingerprint density at radius 1 is 1.44 bits per heavy atom. The summed E-state index contributed by atoms with van der Waals surface area (Å²) in [4.78, 5) is 11.4. The molecule has 0 aromatic carbocycles. The molecule has 1 saturated carbocycles. The van der Waals surface area contributed by atoms with E-state index in [0.29, 0.717) is 11.8 Å². The minimum absolute atomic E-state index is 0.205. The van der Waals surface area contributed by atoms with Crippen molar-refractivity contribution in [1.29, 1.82) is 0 Å². The molecule has 0 bridgehead atoms. The molecule has 1 fully saturated rings. The molecule has 0 N–H and O–H groups in total. The predicted octanol–water partition coefficient (Wildman–Crippen LogP) is 3.84. The van der Waals surface area contributed by atoms with E-state index in [2.05, 4.69) is 33.8 Å². The summed E-state index contributed by atoms with van der Waals surface area (Å²) in [6, 6.07) is 0. The van der Waals surface area contributed by atoms with Gasteiger partial charge in [-0.05, 0) is 49.4 Å². The first kappa shape index (κ1) is 11.9. The Morgan fingerprint density at radius 3 is 2.75 bits per heavy atom. The van der Waals surface area contributed by atoms with E-state index in [9.17, 15) is 4.79 Å². The maximum absolute atomic E-state index is 11.4. The third-order valence-electron chi connectivity index (χ3n) is 4.91. The van der Waals surface area contributed by atoms with E-state index in [1.807, 2.05) is 0 Å². The number of carbonyl (C=O) groups excluding carboxylic acids is 1. The second-order valence-corrected chi connectivity index (χ2v) is 6.60. The smallest absolute Gasteiger partial charge is 0.123 e. The van der Waals surface area contributed by atoms with E-state index in [1.54, 1.807) is 0 Å². The third-order valence-corrected chi connectivity index (χ3v) is 4.91. The van der Waals surface area contributed by atoms with Crippen molar-refractivity contribution < 1.29 is 4.79 Å². The van der Waals surface area contributed by atoms with Gasteiger partial charge >= 0.3 is 0 Å². The van der Waals surface area contributed by atoms with Gasteiger partial charge < -0.3 is 4.79 Å². The van der Waals surface area contributed by atoms with Gasteiger partial charge in [0.2, 0.25) is 0 Å². The number of allylic oxidation sites excluding steroid dienone is 2. The average molecular weight is 220 g/mol. The molecule has 0 heterocycles. The number of rotatable bonds is 1. The lowest BCUT2D eigenvalue weighted by Gasteiger charge is -2.49. The fourth-order valence-corrected chi connectivity index (χ4v) is 4.04. The Bertz CT molecular complexity index is 313. The Kier molecular flexibility index (Phi) is 2.98. The van der Waals surface area contributed by atoms with Crippen molar-refractivity contribution in [2.75, 3.05) is 0 Å². The number of aldehydes is 1. The highest BCUT2D eigenvalue weighted by molar-refractivity contribution is 5.56. The van der Waals surface area contributed by atoms with Crippen molar-refractivity contribution in [3.63, 3.8) is 0 Å². The van der Waals surface area contributed by atoms with Gasteiger partial charge in [-0.3, -0.25) is 0 Å². The van der Waals surface area contributed by atoms with Crippen LogP contribution in [0.15, 0.2) is 11.6 Å². The molecule has 0 saturated heterocycles. The van der Waals surface area contributed by atoms with Crippen LogP contribution in [0.4, 0.5) is 0 Å². The minimum atomic E-state index is 0.205. The zero-order chi connectivity index (χ0) is 11.9. The number of carbonyl (C=O) groups is 1. The zero-order valence-corrected chi connectivity index (χ0v) is 11.0. The minimum Gasteiger partial charge on any atom is -0.303 e. The highest BCUT2D eigenvalue weighted by atomic mass is 16.1. The lowest BCUT2D eigenvalue weighted by molar-refractivity contribution is -0.122. The monoisotopic (exact) mass is 220 g/mol. The van der Waals surface area contributed by atoms with E-state index < -0.39 is 0 Å². The largest absolute Gasteiger partial charge is 0.303 e. The fourth-order valence-electron chi connectivity index (χ4n) is 4.04. The second kappa shape index (κ2) is 4.01. The van der Waals surface area contributed by atoms with Gasteiger partial charge in [-0.15, -0.1) is 0 Å². The van der Waals surface area contributed by atoms with E-state index >= 15 is 0 Å². The van der Waals surface area contributed by atoms with Gasteiger partial charge in [-0.2, -0.15) is 0 Å². The van der Waals surface area contributed by atoms with Crippen LogP contribution >= 0.6 is 0 Å². The Labute approximate surface area is 99.3 Å². The Balaban J connectivity index is 2.31. The van der Waals surface area contributed by atoms with Crippen LogP contribution in [0.3, 0.4) is 0 Å². The molecule has 0 aromatic heterocycles. The maximum atomic E-state index is 11.4. The van der Waals surface area contributed by atoms with Crippen molar-refractivity contribution >= 4 is 6.29 Å². The molecule has 90 valence electrons. The fraction of sp³-hybridized carbons (Fsp3) is 0.800. The van der Waals surface area contributed by atoms with Crippen molar-refractivity contribution in [2.24, 2.45) is 29.1 Å². The van der Waals surface area contributed by atoms with Gasteiger partial charge in [0.15, 0.2) is 0 Å². The molecular formula is C15H24O. The molecule has 4 atom stereocenters. The van der Waals surface area contributed by atoms with Crippen LogP contribution in [-0.4, -0.2) is 6.29 Å². The first-order valence-electron chi connectivity index (χ1n) is 6.58. The Hall–Kier alpha value is -0.590.